The lowest BCUT2D eigenvalue weighted by molar-refractivity contribution is 0.437. The summed E-state index contributed by atoms with van der Waals surface area (Å²) in [5.74, 6) is 0. The Kier molecular flexibility index (Phi) is 3.27. The first-order valence-corrected chi connectivity index (χ1v) is 2.58. The molecule has 0 fully saturated rings. The van der Waals surface area contributed by atoms with Gasteiger partial charge >= 0.3 is 7.05 Å². The van der Waals surface area contributed by atoms with Crippen molar-refractivity contribution in [3.63, 3.8) is 0 Å². The van der Waals surface area contributed by atoms with Gasteiger partial charge in [-0.25, -0.2) is 5.10 Å². The molecular formula is C4H11BN2O. The predicted molar refractivity (Wildman–Crippen MR) is 35.8 cm³/mol. The summed E-state index contributed by atoms with van der Waals surface area (Å²) in [6.07, 6.45) is 1.63. The van der Waals surface area contributed by atoms with Crippen LogP contribution >= 0.6 is 0 Å². The molecule has 0 aliphatic carbocycles. The SMILES string of the molecule is C/C=N\N(C)B(C)O. The molecule has 0 radical (unpaired) electrons. The first kappa shape index (κ1) is 7.49. The van der Waals surface area contributed by atoms with Crippen LogP contribution in [0.5, 0.6) is 0 Å². The van der Waals surface area contributed by atoms with Crippen LogP contribution < -0.4 is 0 Å². The molecule has 0 aliphatic rings. The summed E-state index contributed by atoms with van der Waals surface area (Å²) in [6, 6.07) is 0. The molecule has 0 amide bonds. The van der Waals surface area contributed by atoms with Gasteiger partial charge in [-0.3, -0.25) is 0 Å². The van der Waals surface area contributed by atoms with Crippen molar-refractivity contribution < 1.29 is 5.02 Å². The fourth-order valence-electron chi connectivity index (χ4n) is 0.279. The van der Waals surface area contributed by atoms with Crippen LogP contribution in [0.15, 0.2) is 5.10 Å². The molecule has 0 atom stereocenters. The van der Waals surface area contributed by atoms with Crippen molar-refractivity contribution >= 4 is 13.3 Å². The minimum Gasteiger partial charge on any atom is -0.432 e. The molecule has 0 heterocycles. The molecule has 0 saturated carbocycles. The second-order valence-corrected chi connectivity index (χ2v) is 1.58. The van der Waals surface area contributed by atoms with Crippen LogP contribution in [0, 0.1) is 0 Å². The summed E-state index contributed by atoms with van der Waals surface area (Å²) in [5, 5.41) is 12.5. The monoisotopic (exact) mass is 114 g/mol. The zero-order chi connectivity index (χ0) is 6.57. The molecule has 0 saturated heterocycles. The van der Waals surface area contributed by atoms with E-state index >= 15 is 0 Å². The molecule has 0 aromatic heterocycles. The van der Waals surface area contributed by atoms with Crippen LogP contribution in [0.2, 0.25) is 6.82 Å². The molecule has 0 aromatic rings. The third kappa shape index (κ3) is 2.63. The number of hydrazone groups is 1. The second kappa shape index (κ2) is 3.49. The quantitative estimate of drug-likeness (QED) is 0.312. The van der Waals surface area contributed by atoms with E-state index in [2.05, 4.69) is 5.10 Å². The van der Waals surface area contributed by atoms with E-state index in [0.717, 1.165) is 0 Å². The van der Waals surface area contributed by atoms with Gasteiger partial charge in [0.15, 0.2) is 0 Å². The van der Waals surface area contributed by atoms with Gasteiger partial charge in [0, 0.05) is 13.3 Å². The summed E-state index contributed by atoms with van der Waals surface area (Å²) in [4.78, 5) is 1.47. The zero-order valence-electron chi connectivity index (χ0n) is 5.50. The van der Waals surface area contributed by atoms with E-state index in [4.69, 9.17) is 5.02 Å². The first-order chi connectivity index (χ1) is 3.68. The predicted octanol–water partition coefficient (Wildman–Crippen LogP) is 0.0342. The average Bonchev–Trinajstić information content (AvgIpc) is 1.67. The van der Waals surface area contributed by atoms with Crippen molar-refractivity contribution in [2.45, 2.75) is 13.7 Å². The maximum Gasteiger partial charge on any atom is 0.426 e. The number of hydrogen-bond donors (Lipinski definition) is 1. The van der Waals surface area contributed by atoms with Crippen LogP contribution in [0.3, 0.4) is 0 Å². The smallest absolute Gasteiger partial charge is 0.426 e. The molecule has 0 aliphatic heterocycles. The molecule has 46 valence electrons. The first-order valence-electron chi connectivity index (χ1n) is 2.58. The molecule has 0 rings (SSSR count). The molecule has 0 spiro atoms. The molecule has 0 bridgehead atoms. The van der Waals surface area contributed by atoms with Gasteiger partial charge < -0.3 is 9.94 Å². The highest BCUT2D eigenvalue weighted by Crippen LogP contribution is 1.83. The summed E-state index contributed by atoms with van der Waals surface area (Å²) in [5.41, 5.74) is 0. The van der Waals surface area contributed by atoms with Crippen molar-refractivity contribution in [2.75, 3.05) is 7.05 Å². The van der Waals surface area contributed by atoms with Crippen molar-refractivity contribution in [2.24, 2.45) is 5.10 Å². The van der Waals surface area contributed by atoms with Gasteiger partial charge in [0.1, 0.15) is 0 Å². The van der Waals surface area contributed by atoms with E-state index in [1.165, 1.54) is 4.92 Å². The third-order valence-electron chi connectivity index (χ3n) is 0.838. The van der Waals surface area contributed by atoms with Crippen LogP contribution in [-0.2, 0) is 0 Å². The molecule has 4 heteroatoms. The van der Waals surface area contributed by atoms with Crippen LogP contribution in [-0.4, -0.2) is 30.3 Å². The third-order valence-corrected chi connectivity index (χ3v) is 0.838. The Balaban J connectivity index is 3.47. The summed E-state index contributed by atoms with van der Waals surface area (Å²) in [6.45, 7) is 3.46. The Morgan fingerprint density at radius 1 is 1.75 bits per heavy atom. The van der Waals surface area contributed by atoms with Gasteiger partial charge in [0.05, 0.1) is 0 Å². The van der Waals surface area contributed by atoms with Crippen LogP contribution in [0.25, 0.3) is 0 Å². The Morgan fingerprint density at radius 2 is 2.25 bits per heavy atom. The highest BCUT2D eigenvalue weighted by Gasteiger charge is 2.05. The van der Waals surface area contributed by atoms with Crippen LogP contribution in [0.4, 0.5) is 0 Å². The van der Waals surface area contributed by atoms with E-state index in [0.29, 0.717) is 0 Å². The maximum absolute atomic E-state index is 8.76. The van der Waals surface area contributed by atoms with Gasteiger partial charge in [0.2, 0.25) is 0 Å². The van der Waals surface area contributed by atoms with E-state index in [1.807, 2.05) is 0 Å². The highest BCUT2D eigenvalue weighted by molar-refractivity contribution is 6.45. The number of nitrogens with zero attached hydrogens (tertiary/aromatic N) is 2. The van der Waals surface area contributed by atoms with Crippen LogP contribution in [0.1, 0.15) is 6.92 Å². The molecule has 8 heavy (non-hydrogen) atoms. The number of hydrogen-bond acceptors (Lipinski definition) is 3. The van der Waals surface area contributed by atoms with Gasteiger partial charge in [-0.2, -0.15) is 0 Å². The van der Waals surface area contributed by atoms with E-state index in [1.54, 1.807) is 27.0 Å². The van der Waals surface area contributed by atoms with Gasteiger partial charge in [-0.1, -0.05) is 0 Å². The molecule has 1 N–H and O–H groups in total. The Morgan fingerprint density at radius 3 is 2.38 bits per heavy atom. The van der Waals surface area contributed by atoms with E-state index in [-0.39, 0.29) is 0 Å². The normalized spacial score (nSPS) is 10.0. The largest absolute Gasteiger partial charge is 0.432 e. The minimum absolute atomic E-state index is 0.494. The standard InChI is InChI=1S/C4H11BN2O/c1-4-6-7(3)5(2)8/h4,8H,1-3H3/b6-4-. The average molecular weight is 114 g/mol. The summed E-state index contributed by atoms with van der Waals surface area (Å²) >= 11 is 0. The maximum atomic E-state index is 8.76. The fraction of sp³-hybridized carbons (Fsp3) is 0.750. The minimum atomic E-state index is -0.494. The van der Waals surface area contributed by atoms with Crippen molar-refractivity contribution in [3.05, 3.63) is 0 Å². The number of rotatable bonds is 2. The molecule has 0 unspecified atom stereocenters. The topological polar surface area (TPSA) is 35.8 Å². The summed E-state index contributed by atoms with van der Waals surface area (Å²) < 4.78 is 0. The Hall–Kier alpha value is -0.505. The van der Waals surface area contributed by atoms with E-state index < -0.39 is 7.05 Å². The fourth-order valence-corrected chi connectivity index (χ4v) is 0.279. The molecular weight excluding hydrogens is 103 g/mol. The van der Waals surface area contributed by atoms with Crippen molar-refractivity contribution in [1.29, 1.82) is 0 Å². The van der Waals surface area contributed by atoms with Gasteiger partial charge in [-0.05, 0) is 13.7 Å². The summed E-state index contributed by atoms with van der Waals surface area (Å²) in [7, 11) is 1.22. The zero-order valence-corrected chi connectivity index (χ0v) is 5.50. The Labute approximate surface area is 50.1 Å². The lowest BCUT2D eigenvalue weighted by atomic mass is 9.88. The lowest BCUT2D eigenvalue weighted by Crippen LogP contribution is -2.28. The molecule has 3 nitrogen and oxygen atoms in total. The van der Waals surface area contributed by atoms with Gasteiger partial charge in [0.25, 0.3) is 0 Å². The van der Waals surface area contributed by atoms with Gasteiger partial charge in [-0.15, -0.1) is 0 Å². The Bertz CT molecular complexity index is 84.1. The lowest BCUT2D eigenvalue weighted by Gasteiger charge is -2.10. The van der Waals surface area contributed by atoms with E-state index in [9.17, 15) is 0 Å². The van der Waals surface area contributed by atoms with Crippen molar-refractivity contribution in [1.82, 2.24) is 4.92 Å². The second-order valence-electron chi connectivity index (χ2n) is 1.58. The molecule has 0 aromatic carbocycles. The highest BCUT2D eigenvalue weighted by atomic mass is 16.2. The van der Waals surface area contributed by atoms with Crippen molar-refractivity contribution in [3.8, 4) is 0 Å².